The van der Waals surface area contributed by atoms with Crippen LogP contribution in [-0.2, 0) is 0 Å². The van der Waals surface area contributed by atoms with Gasteiger partial charge in [-0.05, 0) is 44.4 Å². The maximum absolute atomic E-state index is 9.63. The van der Waals surface area contributed by atoms with Crippen molar-refractivity contribution in [1.82, 2.24) is 0 Å². The smallest absolute Gasteiger partial charge is 0.116 e. The Balaban J connectivity index is 2.25. The molecule has 3 nitrogen and oxygen atoms in total. The standard InChI is InChI=1S/C18H11BrN2O/c19-17-10-13(8-9-18(17)21-22)16(11-20)15-7-3-5-12-4-1-2-6-14(12)15/h1-10,22H/b16-13-,21-18-. The lowest BCUT2D eigenvalue weighted by Gasteiger charge is -2.11. The number of oxime groups is 1. The maximum atomic E-state index is 9.63. The van der Waals surface area contributed by atoms with Gasteiger partial charge in [0, 0.05) is 10.0 Å². The highest BCUT2D eigenvalue weighted by atomic mass is 79.9. The molecule has 0 bridgehead atoms. The van der Waals surface area contributed by atoms with E-state index in [9.17, 15) is 5.26 Å². The number of allylic oxidation sites excluding steroid dienone is 6. The first kappa shape index (κ1) is 14.3. The van der Waals surface area contributed by atoms with Gasteiger partial charge in [-0.1, -0.05) is 53.7 Å². The molecule has 0 fully saturated rings. The number of rotatable bonds is 1. The van der Waals surface area contributed by atoms with Crippen molar-refractivity contribution >= 4 is 38.0 Å². The monoisotopic (exact) mass is 350 g/mol. The summed E-state index contributed by atoms with van der Waals surface area (Å²) in [4.78, 5) is 0. The molecule has 22 heavy (non-hydrogen) atoms. The quantitative estimate of drug-likeness (QED) is 0.456. The fraction of sp³-hybridized carbons (Fsp3) is 0. The molecule has 0 spiro atoms. The van der Waals surface area contributed by atoms with Crippen LogP contribution in [0.2, 0.25) is 0 Å². The number of fused-ring (bicyclic) bond motifs is 1. The van der Waals surface area contributed by atoms with E-state index in [1.54, 1.807) is 18.2 Å². The topological polar surface area (TPSA) is 56.4 Å². The number of hydrogen-bond acceptors (Lipinski definition) is 3. The fourth-order valence-electron chi connectivity index (χ4n) is 2.47. The van der Waals surface area contributed by atoms with E-state index in [4.69, 9.17) is 5.21 Å². The molecule has 4 heteroatoms. The summed E-state index contributed by atoms with van der Waals surface area (Å²) in [6.07, 6.45) is 5.23. The van der Waals surface area contributed by atoms with Crippen molar-refractivity contribution < 1.29 is 5.21 Å². The zero-order valence-electron chi connectivity index (χ0n) is 11.5. The fourth-order valence-corrected chi connectivity index (χ4v) is 2.93. The van der Waals surface area contributed by atoms with Crippen molar-refractivity contribution in [2.75, 3.05) is 0 Å². The minimum atomic E-state index is 0.430. The van der Waals surface area contributed by atoms with E-state index in [-0.39, 0.29) is 0 Å². The third-order valence-electron chi connectivity index (χ3n) is 3.51. The van der Waals surface area contributed by atoms with Gasteiger partial charge in [0.25, 0.3) is 0 Å². The lowest BCUT2D eigenvalue weighted by molar-refractivity contribution is 0.320. The molecule has 0 saturated carbocycles. The molecule has 2 aromatic carbocycles. The average Bonchev–Trinajstić information content (AvgIpc) is 2.56. The molecule has 0 saturated heterocycles. The normalized spacial score (nSPS) is 18.2. The number of hydrogen-bond donors (Lipinski definition) is 1. The van der Waals surface area contributed by atoms with Gasteiger partial charge in [0.05, 0.1) is 5.57 Å². The highest BCUT2D eigenvalue weighted by Gasteiger charge is 2.14. The summed E-state index contributed by atoms with van der Waals surface area (Å²) < 4.78 is 0.639. The lowest BCUT2D eigenvalue weighted by atomic mass is 9.93. The average molecular weight is 351 g/mol. The molecule has 0 heterocycles. The molecule has 0 aromatic heterocycles. The second-order valence-corrected chi connectivity index (χ2v) is 5.63. The summed E-state index contributed by atoms with van der Waals surface area (Å²) in [6, 6.07) is 16.2. The Bertz CT molecular complexity index is 909. The Morgan fingerprint density at radius 1 is 1.09 bits per heavy atom. The van der Waals surface area contributed by atoms with E-state index in [0.717, 1.165) is 21.9 Å². The molecule has 0 aliphatic heterocycles. The van der Waals surface area contributed by atoms with E-state index in [2.05, 4.69) is 27.2 Å². The van der Waals surface area contributed by atoms with Crippen molar-refractivity contribution in [1.29, 1.82) is 5.26 Å². The van der Waals surface area contributed by atoms with Gasteiger partial charge in [0.2, 0.25) is 0 Å². The number of nitrogens with zero attached hydrogens (tertiary/aromatic N) is 2. The predicted octanol–water partition coefficient (Wildman–Crippen LogP) is 4.80. The van der Waals surface area contributed by atoms with Crippen LogP contribution in [0, 0.1) is 11.3 Å². The van der Waals surface area contributed by atoms with Gasteiger partial charge in [0.1, 0.15) is 11.8 Å². The summed E-state index contributed by atoms with van der Waals surface area (Å²) in [7, 11) is 0. The highest BCUT2D eigenvalue weighted by Crippen LogP contribution is 2.30. The van der Waals surface area contributed by atoms with Crippen LogP contribution >= 0.6 is 15.9 Å². The Morgan fingerprint density at radius 2 is 1.86 bits per heavy atom. The van der Waals surface area contributed by atoms with Crippen LogP contribution in [0.1, 0.15) is 5.56 Å². The third-order valence-corrected chi connectivity index (χ3v) is 4.15. The van der Waals surface area contributed by atoms with Gasteiger partial charge >= 0.3 is 0 Å². The highest BCUT2D eigenvalue weighted by molar-refractivity contribution is 9.12. The SMILES string of the molecule is N#C/C(=C1C=C/C(=N/O)C(Br)=C\1)c1cccc2ccccc12. The Labute approximate surface area is 136 Å². The second kappa shape index (κ2) is 6.00. The molecular formula is C18H11BrN2O. The van der Waals surface area contributed by atoms with E-state index in [1.807, 2.05) is 42.5 Å². The maximum Gasteiger partial charge on any atom is 0.116 e. The van der Waals surface area contributed by atoms with Crippen molar-refractivity contribution in [3.8, 4) is 6.07 Å². The van der Waals surface area contributed by atoms with Crippen LogP contribution in [0.5, 0.6) is 0 Å². The first-order valence-electron chi connectivity index (χ1n) is 6.65. The zero-order chi connectivity index (χ0) is 15.5. The summed E-state index contributed by atoms with van der Waals surface area (Å²) >= 11 is 3.35. The molecule has 3 rings (SSSR count). The summed E-state index contributed by atoms with van der Waals surface area (Å²) in [5.41, 5.74) is 2.68. The minimum absolute atomic E-state index is 0.430. The van der Waals surface area contributed by atoms with Crippen LogP contribution in [-0.4, -0.2) is 10.9 Å². The molecule has 1 aliphatic rings. The summed E-state index contributed by atoms with van der Waals surface area (Å²) in [6.45, 7) is 0. The molecule has 0 atom stereocenters. The van der Waals surface area contributed by atoms with Gasteiger partial charge in [0.15, 0.2) is 0 Å². The molecule has 1 aliphatic carbocycles. The van der Waals surface area contributed by atoms with Gasteiger partial charge in [-0.3, -0.25) is 0 Å². The Hall–Kier alpha value is -2.64. The molecule has 0 amide bonds. The van der Waals surface area contributed by atoms with E-state index in [1.165, 1.54) is 0 Å². The van der Waals surface area contributed by atoms with Gasteiger partial charge in [-0.25, -0.2) is 0 Å². The van der Waals surface area contributed by atoms with Crippen molar-refractivity contribution in [2.24, 2.45) is 5.16 Å². The van der Waals surface area contributed by atoms with E-state index >= 15 is 0 Å². The van der Waals surface area contributed by atoms with Gasteiger partial charge in [-0.15, -0.1) is 0 Å². The minimum Gasteiger partial charge on any atom is -0.410 e. The molecular weight excluding hydrogens is 340 g/mol. The third kappa shape index (κ3) is 2.47. The van der Waals surface area contributed by atoms with E-state index < -0.39 is 0 Å². The summed E-state index contributed by atoms with van der Waals surface area (Å²) in [5, 5.41) is 23.8. The van der Waals surface area contributed by atoms with Crippen molar-refractivity contribution in [3.05, 3.63) is 76.3 Å². The van der Waals surface area contributed by atoms with Crippen LogP contribution in [0.3, 0.4) is 0 Å². The Morgan fingerprint density at radius 3 is 2.59 bits per heavy atom. The summed E-state index contributed by atoms with van der Waals surface area (Å²) in [5.74, 6) is 0. The van der Waals surface area contributed by atoms with E-state index in [0.29, 0.717) is 15.8 Å². The predicted molar refractivity (Wildman–Crippen MR) is 91.9 cm³/mol. The van der Waals surface area contributed by atoms with Crippen LogP contribution in [0.4, 0.5) is 0 Å². The molecule has 2 aromatic rings. The molecule has 1 N–H and O–H groups in total. The van der Waals surface area contributed by atoms with Gasteiger partial charge in [-0.2, -0.15) is 5.26 Å². The molecule has 0 radical (unpaired) electrons. The number of halogens is 1. The van der Waals surface area contributed by atoms with Gasteiger partial charge < -0.3 is 5.21 Å². The zero-order valence-corrected chi connectivity index (χ0v) is 13.1. The van der Waals surface area contributed by atoms with Crippen LogP contribution < -0.4 is 0 Å². The second-order valence-electron chi connectivity index (χ2n) is 4.78. The number of nitriles is 1. The first-order valence-corrected chi connectivity index (χ1v) is 7.44. The Kier molecular flexibility index (Phi) is 3.90. The van der Waals surface area contributed by atoms with Crippen molar-refractivity contribution in [3.63, 3.8) is 0 Å². The lowest BCUT2D eigenvalue weighted by Crippen LogP contribution is -2.00. The van der Waals surface area contributed by atoms with Crippen LogP contribution in [0.25, 0.3) is 16.3 Å². The van der Waals surface area contributed by atoms with Crippen LogP contribution in [0.15, 0.2) is 75.9 Å². The van der Waals surface area contributed by atoms with Crippen molar-refractivity contribution in [2.45, 2.75) is 0 Å². The largest absolute Gasteiger partial charge is 0.410 e. The molecule has 0 unspecified atom stereocenters. The number of benzene rings is 2. The first-order chi connectivity index (χ1) is 10.7. The molecule has 106 valence electrons.